The molecule has 0 atom stereocenters. The van der Waals surface area contributed by atoms with Crippen molar-refractivity contribution in [3.05, 3.63) is 77.1 Å². The minimum atomic E-state index is -0.470. The van der Waals surface area contributed by atoms with Crippen molar-refractivity contribution >= 4 is 38.8 Å². The SMILES string of the molecule is COc1cc(C(=O)N(/N=C/c2ccc(C)cc2)c2nc3ccc(F)cc3s2)cc(OC)c1OC. The molecule has 1 aromatic heterocycles. The fraction of sp³-hybridized carbons (Fsp3) is 0.160. The Labute approximate surface area is 200 Å². The maximum Gasteiger partial charge on any atom is 0.281 e. The van der Waals surface area contributed by atoms with Crippen molar-refractivity contribution < 1.29 is 23.4 Å². The fourth-order valence-electron chi connectivity index (χ4n) is 3.27. The molecule has 0 spiro atoms. The molecular weight excluding hydrogens is 457 g/mol. The highest BCUT2D eigenvalue weighted by Gasteiger charge is 2.24. The lowest BCUT2D eigenvalue weighted by atomic mass is 10.1. The largest absolute Gasteiger partial charge is 0.493 e. The van der Waals surface area contributed by atoms with Crippen LogP contribution in [0.2, 0.25) is 0 Å². The number of thiazole rings is 1. The summed E-state index contributed by atoms with van der Waals surface area (Å²) in [4.78, 5) is 18.2. The average molecular weight is 480 g/mol. The first-order chi connectivity index (χ1) is 16.4. The number of hydrogen-bond acceptors (Lipinski definition) is 7. The molecule has 4 rings (SSSR count). The van der Waals surface area contributed by atoms with Gasteiger partial charge >= 0.3 is 0 Å². The Kier molecular flexibility index (Phi) is 6.74. The summed E-state index contributed by atoms with van der Waals surface area (Å²) in [7, 11) is 4.43. The van der Waals surface area contributed by atoms with Crippen LogP contribution in [0.3, 0.4) is 0 Å². The summed E-state index contributed by atoms with van der Waals surface area (Å²) in [6.45, 7) is 1.99. The van der Waals surface area contributed by atoms with Crippen molar-refractivity contribution in [3.8, 4) is 17.2 Å². The molecule has 0 fully saturated rings. The smallest absolute Gasteiger partial charge is 0.281 e. The molecule has 0 aliphatic rings. The van der Waals surface area contributed by atoms with E-state index in [-0.39, 0.29) is 11.4 Å². The zero-order chi connectivity index (χ0) is 24.2. The van der Waals surface area contributed by atoms with Crippen LogP contribution in [0.5, 0.6) is 17.2 Å². The molecule has 0 radical (unpaired) electrons. The minimum absolute atomic E-state index is 0.251. The van der Waals surface area contributed by atoms with Crippen molar-refractivity contribution in [2.75, 3.05) is 26.3 Å². The monoisotopic (exact) mass is 479 g/mol. The van der Waals surface area contributed by atoms with Crippen LogP contribution in [-0.2, 0) is 0 Å². The number of nitrogens with zero attached hydrogens (tertiary/aromatic N) is 3. The van der Waals surface area contributed by atoms with E-state index >= 15 is 0 Å². The lowest BCUT2D eigenvalue weighted by Crippen LogP contribution is -2.25. The molecule has 0 N–H and O–H groups in total. The summed E-state index contributed by atoms with van der Waals surface area (Å²) in [5, 5.41) is 5.92. The number of rotatable bonds is 7. The summed E-state index contributed by atoms with van der Waals surface area (Å²) >= 11 is 1.16. The Morgan fingerprint density at radius 1 is 1.00 bits per heavy atom. The first-order valence-corrected chi connectivity index (χ1v) is 11.1. The number of fused-ring (bicyclic) bond motifs is 1. The molecule has 3 aromatic carbocycles. The summed E-state index contributed by atoms with van der Waals surface area (Å²) in [5.74, 6) is 0.181. The summed E-state index contributed by atoms with van der Waals surface area (Å²) in [6.07, 6.45) is 1.57. The van der Waals surface area contributed by atoms with Gasteiger partial charge in [-0.05, 0) is 42.8 Å². The zero-order valence-corrected chi connectivity index (χ0v) is 19.9. The van der Waals surface area contributed by atoms with E-state index < -0.39 is 5.91 Å². The molecule has 0 unspecified atom stereocenters. The zero-order valence-electron chi connectivity index (χ0n) is 19.0. The molecule has 7 nitrogen and oxygen atoms in total. The van der Waals surface area contributed by atoms with E-state index in [0.717, 1.165) is 22.5 Å². The van der Waals surface area contributed by atoms with Crippen molar-refractivity contribution in [1.29, 1.82) is 0 Å². The molecule has 0 aliphatic heterocycles. The molecule has 4 aromatic rings. The first kappa shape index (κ1) is 23.2. The highest BCUT2D eigenvalue weighted by Crippen LogP contribution is 2.39. The van der Waals surface area contributed by atoms with E-state index in [1.54, 1.807) is 24.4 Å². The van der Waals surface area contributed by atoms with Gasteiger partial charge in [-0.15, -0.1) is 0 Å². The third-order valence-electron chi connectivity index (χ3n) is 5.02. The van der Waals surface area contributed by atoms with Crippen LogP contribution in [0.4, 0.5) is 9.52 Å². The highest BCUT2D eigenvalue weighted by molar-refractivity contribution is 7.22. The number of halogens is 1. The van der Waals surface area contributed by atoms with E-state index in [2.05, 4.69) is 10.1 Å². The predicted molar refractivity (Wildman–Crippen MR) is 131 cm³/mol. The number of hydrazone groups is 1. The number of hydrogen-bond donors (Lipinski definition) is 0. The van der Waals surface area contributed by atoms with Gasteiger partial charge in [0, 0.05) is 5.56 Å². The van der Waals surface area contributed by atoms with Gasteiger partial charge in [0.05, 0.1) is 37.8 Å². The topological polar surface area (TPSA) is 73.2 Å². The van der Waals surface area contributed by atoms with E-state index in [9.17, 15) is 9.18 Å². The Balaban J connectivity index is 1.81. The Morgan fingerprint density at radius 3 is 2.29 bits per heavy atom. The van der Waals surface area contributed by atoms with Crippen LogP contribution in [-0.4, -0.2) is 38.4 Å². The fourth-order valence-corrected chi connectivity index (χ4v) is 4.22. The molecule has 0 saturated carbocycles. The Morgan fingerprint density at radius 2 is 1.68 bits per heavy atom. The predicted octanol–water partition coefficient (Wildman–Crippen LogP) is 5.45. The van der Waals surface area contributed by atoms with Gasteiger partial charge < -0.3 is 14.2 Å². The molecule has 0 saturated heterocycles. The third-order valence-corrected chi connectivity index (χ3v) is 6.02. The molecule has 9 heteroatoms. The Bertz CT molecular complexity index is 1340. The number of aromatic nitrogens is 1. The number of ether oxygens (including phenoxy) is 3. The second-order valence-corrected chi connectivity index (χ2v) is 8.30. The van der Waals surface area contributed by atoms with E-state index in [0.29, 0.717) is 32.6 Å². The van der Waals surface area contributed by atoms with Gasteiger partial charge in [-0.3, -0.25) is 4.79 Å². The number of benzene rings is 3. The van der Waals surface area contributed by atoms with Gasteiger partial charge in [-0.25, -0.2) is 9.37 Å². The van der Waals surface area contributed by atoms with Crippen molar-refractivity contribution in [2.24, 2.45) is 5.10 Å². The molecule has 1 heterocycles. The van der Waals surface area contributed by atoms with Crippen molar-refractivity contribution in [3.63, 3.8) is 0 Å². The van der Waals surface area contributed by atoms with Crippen LogP contribution in [0.1, 0.15) is 21.5 Å². The summed E-state index contributed by atoms with van der Waals surface area (Å²) < 4.78 is 30.5. The highest BCUT2D eigenvalue weighted by atomic mass is 32.1. The molecule has 34 heavy (non-hydrogen) atoms. The standard InChI is InChI=1S/C25H22FN3O4S/c1-15-5-7-16(8-6-15)14-27-29(25-28-19-10-9-18(26)13-22(19)34-25)24(30)17-11-20(31-2)23(33-4)21(12-17)32-3/h5-14H,1-4H3/b27-14+. The third kappa shape index (κ3) is 4.69. The maximum atomic E-state index is 13.7. The maximum absolute atomic E-state index is 13.7. The number of carbonyl (C=O) groups excluding carboxylic acids is 1. The lowest BCUT2D eigenvalue weighted by molar-refractivity contribution is 0.0987. The van der Waals surface area contributed by atoms with Crippen LogP contribution in [0, 0.1) is 12.7 Å². The van der Waals surface area contributed by atoms with Gasteiger partial charge in [0.1, 0.15) is 5.82 Å². The van der Waals surface area contributed by atoms with Gasteiger partial charge in [0.25, 0.3) is 5.91 Å². The Hall–Kier alpha value is -3.98. The first-order valence-electron chi connectivity index (χ1n) is 10.2. The van der Waals surface area contributed by atoms with Gasteiger partial charge in [-0.1, -0.05) is 41.2 Å². The average Bonchev–Trinajstić information content (AvgIpc) is 3.26. The molecule has 174 valence electrons. The van der Waals surface area contributed by atoms with E-state index in [1.165, 1.54) is 38.5 Å². The van der Waals surface area contributed by atoms with Crippen LogP contribution in [0.15, 0.2) is 59.7 Å². The number of anilines is 1. The lowest BCUT2D eigenvalue weighted by Gasteiger charge is -2.17. The van der Waals surface area contributed by atoms with Crippen LogP contribution in [0.25, 0.3) is 10.2 Å². The van der Waals surface area contributed by atoms with Crippen molar-refractivity contribution in [2.45, 2.75) is 6.92 Å². The van der Waals surface area contributed by atoms with Crippen LogP contribution >= 0.6 is 11.3 Å². The molecule has 0 aliphatic carbocycles. The van der Waals surface area contributed by atoms with Gasteiger partial charge in [0.2, 0.25) is 10.9 Å². The molecular formula is C25H22FN3O4S. The summed E-state index contributed by atoms with van der Waals surface area (Å²) in [5.41, 5.74) is 2.73. The van der Waals surface area contributed by atoms with E-state index in [4.69, 9.17) is 14.2 Å². The van der Waals surface area contributed by atoms with Crippen LogP contribution < -0.4 is 19.2 Å². The number of amides is 1. The summed E-state index contributed by atoms with van der Waals surface area (Å²) in [6, 6.07) is 15.1. The number of aryl methyl sites for hydroxylation is 1. The molecule has 1 amide bonds. The second-order valence-electron chi connectivity index (χ2n) is 7.29. The minimum Gasteiger partial charge on any atom is -0.493 e. The quantitative estimate of drug-likeness (QED) is 0.260. The van der Waals surface area contributed by atoms with Gasteiger partial charge in [-0.2, -0.15) is 10.1 Å². The molecule has 0 bridgehead atoms. The van der Waals surface area contributed by atoms with Gasteiger partial charge in [0.15, 0.2) is 11.5 Å². The number of methoxy groups -OCH3 is 3. The number of carbonyl (C=O) groups is 1. The normalized spacial score (nSPS) is 11.1. The van der Waals surface area contributed by atoms with E-state index in [1.807, 2.05) is 31.2 Å². The van der Waals surface area contributed by atoms with Crippen molar-refractivity contribution in [1.82, 2.24) is 4.98 Å². The second kappa shape index (κ2) is 9.88.